The van der Waals surface area contributed by atoms with Crippen molar-refractivity contribution >= 4 is 11.9 Å². The van der Waals surface area contributed by atoms with E-state index in [9.17, 15) is 14.7 Å². The van der Waals surface area contributed by atoms with Gasteiger partial charge in [-0.1, -0.05) is 41.5 Å². The molecular weight excluding hydrogens is 412 g/mol. The minimum absolute atomic E-state index is 0.0350. The zero-order valence-electron chi connectivity index (χ0n) is 22.0. The summed E-state index contributed by atoms with van der Waals surface area (Å²) in [6.45, 7) is 13.9. The summed E-state index contributed by atoms with van der Waals surface area (Å²) in [6.07, 6.45) is 12.3. The molecule has 0 aromatic carbocycles. The highest BCUT2D eigenvalue weighted by atomic mass is 16.5. The minimum atomic E-state index is -0.655. The summed E-state index contributed by atoms with van der Waals surface area (Å²) in [5, 5.41) is 9.21. The van der Waals surface area contributed by atoms with Crippen molar-refractivity contribution in [3.8, 4) is 0 Å². The molecule has 4 rings (SSSR count). The van der Waals surface area contributed by atoms with Crippen molar-refractivity contribution in [2.24, 2.45) is 51.8 Å². The molecule has 33 heavy (non-hydrogen) atoms. The third-order valence-corrected chi connectivity index (χ3v) is 11.8. The van der Waals surface area contributed by atoms with E-state index in [4.69, 9.17) is 4.74 Å². The molecule has 0 aromatic rings. The maximum atomic E-state index is 12.2. The first kappa shape index (κ1) is 25.0. The van der Waals surface area contributed by atoms with Crippen LogP contribution in [0.4, 0.5) is 0 Å². The molecule has 4 aliphatic rings. The smallest absolute Gasteiger partial charge is 0.308 e. The fraction of sp³-hybridized carbons (Fsp3) is 0.931. The van der Waals surface area contributed by atoms with Crippen molar-refractivity contribution in [3.05, 3.63) is 0 Å². The molecule has 4 aliphatic carbocycles. The number of aliphatic carboxylic acids is 1. The van der Waals surface area contributed by atoms with Gasteiger partial charge in [0.25, 0.3) is 0 Å². The van der Waals surface area contributed by atoms with E-state index in [1.54, 1.807) is 0 Å². The SMILES string of the molecule is CC(C)C(=O)O[C@@H]1CC[C@@]2(C)[C@H](CC[C@@H]3[C@@H]2CC[C@]2(C)[C@@H]([C@H](C)CCC(=O)O)CC[C@@]32C)C1. The number of ether oxygens (including phenoxy) is 1. The van der Waals surface area contributed by atoms with Crippen LogP contribution in [0.2, 0.25) is 0 Å². The van der Waals surface area contributed by atoms with E-state index < -0.39 is 5.97 Å². The average Bonchev–Trinajstić information content (AvgIpc) is 3.03. The molecule has 4 heteroatoms. The van der Waals surface area contributed by atoms with Crippen LogP contribution in [-0.2, 0) is 14.3 Å². The first-order valence-electron chi connectivity index (χ1n) is 13.8. The van der Waals surface area contributed by atoms with Crippen molar-refractivity contribution < 1.29 is 19.4 Å². The van der Waals surface area contributed by atoms with Crippen LogP contribution in [0.1, 0.15) is 112 Å². The fourth-order valence-corrected chi connectivity index (χ4v) is 9.54. The van der Waals surface area contributed by atoms with Crippen LogP contribution < -0.4 is 0 Å². The lowest BCUT2D eigenvalue weighted by molar-refractivity contribution is -0.177. The number of carbonyl (C=O) groups excluding carboxylic acids is 1. The zero-order chi connectivity index (χ0) is 24.2. The van der Waals surface area contributed by atoms with Gasteiger partial charge in [-0.15, -0.1) is 0 Å². The molecular formula is C29H48O4. The number of carbonyl (C=O) groups is 2. The second-order valence-electron chi connectivity index (χ2n) is 13.4. The molecule has 0 amide bonds. The Kier molecular flexibility index (Phi) is 6.73. The molecule has 0 bridgehead atoms. The van der Waals surface area contributed by atoms with Crippen molar-refractivity contribution in [1.82, 2.24) is 0 Å². The number of hydrogen-bond donors (Lipinski definition) is 1. The predicted octanol–water partition coefficient (Wildman–Crippen LogP) is 7.10. The standard InChI is InChI=1S/C29H48O4/c1-18(2)26(32)33-21-11-14-27(4)20(17-21)8-9-24-23(27)13-16-28(5)22(12-15-29(24,28)6)19(3)7-10-25(30)31/h18-24H,7-17H2,1-6H3,(H,30,31)/t19-,20-,21-,22-,23+,24-,27+,28-,29+/m1/s1. The van der Waals surface area contributed by atoms with Crippen LogP contribution >= 0.6 is 0 Å². The van der Waals surface area contributed by atoms with Gasteiger partial charge in [0.1, 0.15) is 6.10 Å². The van der Waals surface area contributed by atoms with Crippen molar-refractivity contribution in [3.63, 3.8) is 0 Å². The van der Waals surface area contributed by atoms with Gasteiger partial charge in [0.2, 0.25) is 0 Å². The second kappa shape index (κ2) is 8.86. The van der Waals surface area contributed by atoms with E-state index in [2.05, 4.69) is 27.7 Å². The topological polar surface area (TPSA) is 63.6 Å². The van der Waals surface area contributed by atoms with E-state index in [0.29, 0.717) is 40.4 Å². The van der Waals surface area contributed by atoms with Crippen LogP contribution in [-0.4, -0.2) is 23.1 Å². The third kappa shape index (κ3) is 4.05. The second-order valence-corrected chi connectivity index (χ2v) is 13.4. The van der Waals surface area contributed by atoms with Gasteiger partial charge in [0.05, 0.1) is 5.92 Å². The Bertz CT molecular complexity index is 761. The van der Waals surface area contributed by atoms with Gasteiger partial charge in [-0.05, 0) is 110 Å². The van der Waals surface area contributed by atoms with E-state index in [-0.39, 0.29) is 18.0 Å². The molecule has 9 atom stereocenters. The maximum absolute atomic E-state index is 12.2. The van der Waals surface area contributed by atoms with Gasteiger partial charge >= 0.3 is 11.9 Å². The van der Waals surface area contributed by atoms with E-state index in [0.717, 1.165) is 31.1 Å². The monoisotopic (exact) mass is 460 g/mol. The number of fused-ring (bicyclic) bond motifs is 5. The molecule has 0 heterocycles. The van der Waals surface area contributed by atoms with E-state index in [1.165, 1.54) is 44.9 Å². The average molecular weight is 461 g/mol. The Labute approximate surface area is 201 Å². The molecule has 0 aliphatic heterocycles. The lowest BCUT2D eigenvalue weighted by atomic mass is 9.40. The zero-order valence-corrected chi connectivity index (χ0v) is 22.0. The molecule has 4 nitrogen and oxygen atoms in total. The first-order valence-corrected chi connectivity index (χ1v) is 13.8. The minimum Gasteiger partial charge on any atom is -0.481 e. The van der Waals surface area contributed by atoms with E-state index in [1.807, 2.05) is 13.8 Å². The number of hydrogen-bond acceptors (Lipinski definition) is 3. The number of rotatable bonds is 6. The highest BCUT2D eigenvalue weighted by Gasteiger charge is 2.65. The number of carboxylic acid groups (broad SMARTS) is 1. The normalized spacial score (nSPS) is 45.6. The maximum Gasteiger partial charge on any atom is 0.308 e. The quantitative estimate of drug-likeness (QED) is 0.429. The highest BCUT2D eigenvalue weighted by Crippen LogP contribution is 2.73. The first-order chi connectivity index (χ1) is 15.4. The molecule has 1 N–H and O–H groups in total. The Morgan fingerprint density at radius 1 is 0.909 bits per heavy atom. The van der Waals surface area contributed by atoms with Crippen LogP contribution in [0.5, 0.6) is 0 Å². The summed E-state index contributed by atoms with van der Waals surface area (Å²) in [5.41, 5.74) is 1.08. The lowest BCUT2D eigenvalue weighted by Gasteiger charge is -2.65. The summed E-state index contributed by atoms with van der Waals surface area (Å²) < 4.78 is 5.89. The molecule has 0 spiro atoms. The summed E-state index contributed by atoms with van der Waals surface area (Å²) in [4.78, 5) is 23.4. The Balaban J connectivity index is 1.49. The molecule has 188 valence electrons. The summed E-state index contributed by atoms with van der Waals surface area (Å²) in [6, 6.07) is 0. The number of carboxylic acids is 1. The van der Waals surface area contributed by atoms with E-state index >= 15 is 0 Å². The van der Waals surface area contributed by atoms with Gasteiger partial charge in [-0.25, -0.2) is 0 Å². The van der Waals surface area contributed by atoms with Crippen molar-refractivity contribution in [2.75, 3.05) is 0 Å². The molecule has 4 fully saturated rings. The molecule has 0 aromatic heterocycles. The number of esters is 1. The van der Waals surface area contributed by atoms with Crippen LogP contribution in [0.25, 0.3) is 0 Å². The van der Waals surface area contributed by atoms with Gasteiger partial charge in [-0.3, -0.25) is 9.59 Å². The fourth-order valence-electron chi connectivity index (χ4n) is 9.54. The van der Waals surface area contributed by atoms with Crippen LogP contribution in [0, 0.1) is 51.8 Å². The van der Waals surface area contributed by atoms with Gasteiger partial charge < -0.3 is 9.84 Å². The van der Waals surface area contributed by atoms with Crippen molar-refractivity contribution in [2.45, 2.75) is 118 Å². The van der Waals surface area contributed by atoms with Gasteiger partial charge in [-0.2, -0.15) is 0 Å². The lowest BCUT2D eigenvalue weighted by Crippen LogP contribution is -2.58. The third-order valence-electron chi connectivity index (χ3n) is 11.8. The molecule has 0 unspecified atom stereocenters. The highest BCUT2D eigenvalue weighted by molar-refractivity contribution is 5.71. The predicted molar refractivity (Wildman–Crippen MR) is 131 cm³/mol. The summed E-state index contributed by atoms with van der Waals surface area (Å²) in [7, 11) is 0. The van der Waals surface area contributed by atoms with Gasteiger partial charge in [0, 0.05) is 6.42 Å². The Hall–Kier alpha value is -1.06. The Morgan fingerprint density at radius 2 is 1.61 bits per heavy atom. The summed E-state index contributed by atoms with van der Waals surface area (Å²) in [5.74, 6) is 2.65. The molecule has 0 radical (unpaired) electrons. The van der Waals surface area contributed by atoms with Crippen LogP contribution in [0.3, 0.4) is 0 Å². The van der Waals surface area contributed by atoms with Crippen LogP contribution in [0.15, 0.2) is 0 Å². The largest absolute Gasteiger partial charge is 0.481 e. The van der Waals surface area contributed by atoms with Crippen molar-refractivity contribution in [1.29, 1.82) is 0 Å². The molecule has 0 saturated heterocycles. The molecule has 4 saturated carbocycles. The summed E-state index contributed by atoms with van der Waals surface area (Å²) >= 11 is 0. The Morgan fingerprint density at radius 3 is 2.27 bits per heavy atom. The van der Waals surface area contributed by atoms with Gasteiger partial charge in [0.15, 0.2) is 0 Å².